The van der Waals surface area contributed by atoms with Gasteiger partial charge in [0.15, 0.2) is 11.5 Å². The van der Waals surface area contributed by atoms with Crippen LogP contribution in [0.1, 0.15) is 16.7 Å². The summed E-state index contributed by atoms with van der Waals surface area (Å²) in [5, 5.41) is 10.2. The van der Waals surface area contributed by atoms with Crippen molar-refractivity contribution in [1.29, 1.82) is 0 Å². The van der Waals surface area contributed by atoms with E-state index in [1.54, 1.807) is 12.1 Å². The lowest BCUT2D eigenvalue weighted by Crippen LogP contribution is -2.00. The molecule has 0 atom stereocenters. The smallest absolute Gasteiger partial charge is 0.180 e. The molecule has 5 heteroatoms. The van der Waals surface area contributed by atoms with Gasteiger partial charge in [-0.3, -0.25) is 0 Å². The van der Waals surface area contributed by atoms with Crippen molar-refractivity contribution in [2.24, 2.45) is 0 Å². The number of aliphatic hydroxyl groups excluding tert-OH is 1. The molecule has 2 rings (SSSR count). The first-order valence-corrected chi connectivity index (χ1v) is 7.16. The third-order valence-electron chi connectivity index (χ3n) is 3.05. The molecule has 3 nitrogen and oxygen atoms in total. The summed E-state index contributed by atoms with van der Waals surface area (Å²) < 4.78 is 11.0. The van der Waals surface area contributed by atoms with Crippen LogP contribution in [0.5, 0.6) is 11.5 Å². The molecule has 2 aromatic rings. The molecule has 0 spiro atoms. The van der Waals surface area contributed by atoms with Crippen molar-refractivity contribution >= 4 is 23.2 Å². The van der Waals surface area contributed by atoms with Gasteiger partial charge in [0.05, 0.1) is 18.7 Å². The van der Waals surface area contributed by atoms with Crippen LogP contribution in [0.25, 0.3) is 0 Å². The van der Waals surface area contributed by atoms with Crippen LogP contribution in [0.3, 0.4) is 0 Å². The summed E-state index contributed by atoms with van der Waals surface area (Å²) in [4.78, 5) is 0. The Bertz CT molecular complexity index is 642. The standard InChI is InChI=1S/C16H16Cl2O3/c1-10-3-4-12(13(17)5-10)9-21-16-14(18)6-11(8-19)7-15(16)20-2/h3-7,19H,8-9H2,1-2H3. The second kappa shape index (κ2) is 7.03. The van der Waals surface area contributed by atoms with Crippen molar-refractivity contribution in [3.05, 3.63) is 57.1 Å². The van der Waals surface area contributed by atoms with Crippen LogP contribution in [-0.4, -0.2) is 12.2 Å². The molecular formula is C16H16Cl2O3. The predicted molar refractivity (Wildman–Crippen MR) is 84.4 cm³/mol. The fourth-order valence-electron chi connectivity index (χ4n) is 1.92. The maximum atomic E-state index is 9.17. The lowest BCUT2D eigenvalue weighted by Gasteiger charge is -2.14. The van der Waals surface area contributed by atoms with Gasteiger partial charge in [-0.1, -0.05) is 35.3 Å². The van der Waals surface area contributed by atoms with E-state index in [2.05, 4.69) is 0 Å². The van der Waals surface area contributed by atoms with Gasteiger partial charge >= 0.3 is 0 Å². The number of halogens is 2. The van der Waals surface area contributed by atoms with Crippen LogP contribution in [0, 0.1) is 6.92 Å². The highest BCUT2D eigenvalue weighted by Gasteiger charge is 2.13. The van der Waals surface area contributed by atoms with Gasteiger partial charge in [0.1, 0.15) is 6.61 Å². The van der Waals surface area contributed by atoms with Crippen LogP contribution in [0.15, 0.2) is 30.3 Å². The van der Waals surface area contributed by atoms with E-state index in [0.717, 1.165) is 11.1 Å². The summed E-state index contributed by atoms with van der Waals surface area (Å²) in [5.41, 5.74) is 2.62. The molecule has 0 unspecified atom stereocenters. The number of aliphatic hydroxyl groups is 1. The molecule has 0 saturated heterocycles. The molecule has 112 valence electrons. The van der Waals surface area contributed by atoms with Gasteiger partial charge in [-0.25, -0.2) is 0 Å². The Morgan fingerprint density at radius 1 is 1.10 bits per heavy atom. The molecular weight excluding hydrogens is 311 g/mol. The molecule has 0 amide bonds. The normalized spacial score (nSPS) is 10.5. The van der Waals surface area contributed by atoms with E-state index in [4.69, 9.17) is 32.7 Å². The van der Waals surface area contributed by atoms with E-state index in [9.17, 15) is 5.11 Å². The molecule has 0 aromatic heterocycles. The van der Waals surface area contributed by atoms with E-state index in [-0.39, 0.29) is 13.2 Å². The minimum atomic E-state index is -0.111. The quantitative estimate of drug-likeness (QED) is 0.886. The van der Waals surface area contributed by atoms with Crippen molar-refractivity contribution in [3.8, 4) is 11.5 Å². The number of hydrogen-bond donors (Lipinski definition) is 1. The molecule has 0 fully saturated rings. The Hall–Kier alpha value is -1.42. The maximum absolute atomic E-state index is 9.17. The minimum Gasteiger partial charge on any atom is -0.493 e. The first-order chi connectivity index (χ1) is 10.0. The summed E-state index contributed by atoms with van der Waals surface area (Å²) in [7, 11) is 1.53. The van der Waals surface area contributed by atoms with Crippen LogP contribution < -0.4 is 9.47 Å². The Morgan fingerprint density at radius 2 is 1.86 bits per heavy atom. The lowest BCUT2D eigenvalue weighted by molar-refractivity contribution is 0.274. The Kier molecular flexibility index (Phi) is 5.34. The fraction of sp³-hybridized carbons (Fsp3) is 0.250. The number of methoxy groups -OCH3 is 1. The van der Waals surface area contributed by atoms with Crippen LogP contribution in [-0.2, 0) is 13.2 Å². The van der Waals surface area contributed by atoms with Gasteiger partial charge in [0.25, 0.3) is 0 Å². The fourth-order valence-corrected chi connectivity index (χ4v) is 2.50. The van der Waals surface area contributed by atoms with E-state index in [1.165, 1.54) is 7.11 Å². The predicted octanol–water partition coefficient (Wildman–Crippen LogP) is 4.38. The van der Waals surface area contributed by atoms with Gasteiger partial charge < -0.3 is 14.6 Å². The Labute approximate surface area is 134 Å². The summed E-state index contributed by atoms with van der Waals surface area (Å²) in [6.45, 7) is 2.15. The zero-order valence-electron chi connectivity index (χ0n) is 11.8. The average Bonchev–Trinajstić information content (AvgIpc) is 2.46. The number of aryl methyl sites for hydroxylation is 1. The molecule has 0 aliphatic heterocycles. The molecule has 0 aliphatic rings. The van der Waals surface area contributed by atoms with Crippen LogP contribution in [0.2, 0.25) is 10.0 Å². The highest BCUT2D eigenvalue weighted by atomic mass is 35.5. The van der Waals surface area contributed by atoms with Gasteiger partial charge in [-0.05, 0) is 36.2 Å². The second-order valence-electron chi connectivity index (χ2n) is 4.65. The minimum absolute atomic E-state index is 0.111. The van der Waals surface area contributed by atoms with Gasteiger partial charge in [-0.15, -0.1) is 0 Å². The van der Waals surface area contributed by atoms with Crippen LogP contribution >= 0.6 is 23.2 Å². The zero-order valence-corrected chi connectivity index (χ0v) is 13.3. The molecule has 1 N–H and O–H groups in total. The molecule has 2 aromatic carbocycles. The number of ether oxygens (including phenoxy) is 2. The van der Waals surface area contributed by atoms with Crippen molar-refractivity contribution < 1.29 is 14.6 Å². The monoisotopic (exact) mass is 326 g/mol. The topological polar surface area (TPSA) is 38.7 Å². The van der Waals surface area contributed by atoms with E-state index < -0.39 is 0 Å². The zero-order chi connectivity index (χ0) is 15.4. The summed E-state index contributed by atoms with van der Waals surface area (Å²) in [5.74, 6) is 0.919. The molecule has 0 radical (unpaired) electrons. The van der Waals surface area contributed by atoms with Gasteiger partial charge in [0, 0.05) is 10.6 Å². The van der Waals surface area contributed by atoms with Crippen molar-refractivity contribution in [2.45, 2.75) is 20.1 Å². The first-order valence-electron chi connectivity index (χ1n) is 6.40. The van der Waals surface area contributed by atoms with Gasteiger partial charge in [0.2, 0.25) is 0 Å². The highest BCUT2D eigenvalue weighted by Crippen LogP contribution is 2.37. The number of hydrogen-bond acceptors (Lipinski definition) is 3. The van der Waals surface area contributed by atoms with Crippen molar-refractivity contribution in [3.63, 3.8) is 0 Å². The third-order valence-corrected chi connectivity index (χ3v) is 3.68. The van der Waals surface area contributed by atoms with E-state index in [1.807, 2.05) is 25.1 Å². The molecule has 0 bridgehead atoms. The Balaban J connectivity index is 2.23. The highest BCUT2D eigenvalue weighted by molar-refractivity contribution is 6.32. The molecule has 0 heterocycles. The summed E-state index contributed by atoms with van der Waals surface area (Å²) in [6.07, 6.45) is 0. The SMILES string of the molecule is COc1cc(CO)cc(Cl)c1OCc1ccc(C)cc1Cl. The van der Waals surface area contributed by atoms with Crippen molar-refractivity contribution in [2.75, 3.05) is 7.11 Å². The van der Waals surface area contributed by atoms with Gasteiger partial charge in [-0.2, -0.15) is 0 Å². The second-order valence-corrected chi connectivity index (χ2v) is 5.47. The summed E-state index contributed by atoms with van der Waals surface area (Å²) in [6, 6.07) is 9.11. The number of benzene rings is 2. The first kappa shape index (κ1) is 16.0. The molecule has 0 aliphatic carbocycles. The average molecular weight is 327 g/mol. The van der Waals surface area contributed by atoms with Crippen molar-refractivity contribution in [1.82, 2.24) is 0 Å². The molecule has 0 saturated carbocycles. The number of rotatable bonds is 5. The lowest BCUT2D eigenvalue weighted by atomic mass is 10.1. The summed E-state index contributed by atoms with van der Waals surface area (Å²) >= 11 is 12.4. The van der Waals surface area contributed by atoms with E-state index in [0.29, 0.717) is 27.1 Å². The largest absolute Gasteiger partial charge is 0.493 e. The van der Waals surface area contributed by atoms with E-state index >= 15 is 0 Å². The molecule has 21 heavy (non-hydrogen) atoms. The third kappa shape index (κ3) is 3.82. The van der Waals surface area contributed by atoms with Crippen LogP contribution in [0.4, 0.5) is 0 Å². The maximum Gasteiger partial charge on any atom is 0.180 e. The Morgan fingerprint density at radius 3 is 2.48 bits per heavy atom.